The second-order valence-corrected chi connectivity index (χ2v) is 6.40. The highest BCUT2D eigenvalue weighted by atomic mass is 35.5. The summed E-state index contributed by atoms with van der Waals surface area (Å²) in [6.45, 7) is 7.44. The van der Waals surface area contributed by atoms with Crippen molar-refractivity contribution in [3.05, 3.63) is 39.9 Å². The molecule has 1 N–H and O–H groups in total. The second-order valence-electron chi connectivity index (χ2n) is 4.91. The van der Waals surface area contributed by atoms with Crippen LogP contribution in [0.5, 0.6) is 0 Å². The summed E-state index contributed by atoms with van der Waals surface area (Å²) in [7, 11) is 0. The maximum absolute atomic E-state index is 6.26. The monoisotopic (exact) mass is 308 g/mol. The zero-order chi connectivity index (χ0) is 14.5. The van der Waals surface area contributed by atoms with Gasteiger partial charge >= 0.3 is 0 Å². The van der Waals surface area contributed by atoms with E-state index in [9.17, 15) is 0 Å². The van der Waals surface area contributed by atoms with E-state index in [4.69, 9.17) is 16.6 Å². The fourth-order valence-electron chi connectivity index (χ4n) is 1.96. The normalized spacial score (nSPS) is 12.6. The molecule has 4 heteroatoms. The predicted molar refractivity (Wildman–Crippen MR) is 88.5 cm³/mol. The van der Waals surface area contributed by atoms with Gasteiger partial charge in [0.25, 0.3) is 0 Å². The molecule has 1 aromatic heterocycles. The van der Waals surface area contributed by atoms with Gasteiger partial charge in [0.2, 0.25) is 0 Å². The lowest BCUT2D eigenvalue weighted by Gasteiger charge is -2.10. The van der Waals surface area contributed by atoms with Crippen LogP contribution in [0, 0.1) is 0 Å². The Morgan fingerprint density at radius 1 is 1.30 bits per heavy atom. The first kappa shape index (κ1) is 15.5. The minimum absolute atomic E-state index is 0.533. The lowest BCUT2D eigenvalue weighted by molar-refractivity contribution is 0.535. The van der Waals surface area contributed by atoms with Gasteiger partial charge in [0, 0.05) is 23.0 Å². The number of nitrogens with one attached hydrogen (secondary N) is 1. The fraction of sp³-hybridized carbons (Fsp3) is 0.438. The molecule has 108 valence electrons. The summed E-state index contributed by atoms with van der Waals surface area (Å²) in [6, 6.07) is 8.44. The largest absolute Gasteiger partial charge is 0.309 e. The molecule has 20 heavy (non-hydrogen) atoms. The summed E-state index contributed by atoms with van der Waals surface area (Å²) in [4.78, 5) is 6.08. The van der Waals surface area contributed by atoms with Crippen molar-refractivity contribution in [2.24, 2.45) is 0 Å². The molecule has 0 fully saturated rings. The molecule has 2 aromatic rings. The van der Waals surface area contributed by atoms with Crippen molar-refractivity contribution in [1.82, 2.24) is 10.3 Å². The van der Waals surface area contributed by atoms with Crippen molar-refractivity contribution < 1.29 is 0 Å². The van der Waals surface area contributed by atoms with E-state index >= 15 is 0 Å². The van der Waals surface area contributed by atoms with Crippen LogP contribution in [0.4, 0.5) is 0 Å². The smallest absolute Gasteiger partial charge is 0.125 e. The number of hydrogen-bond acceptors (Lipinski definition) is 3. The van der Waals surface area contributed by atoms with Crippen LogP contribution >= 0.6 is 22.9 Å². The molecule has 0 saturated carbocycles. The van der Waals surface area contributed by atoms with E-state index in [1.807, 2.05) is 24.3 Å². The number of aromatic nitrogens is 1. The average Bonchev–Trinajstić information content (AvgIpc) is 2.88. The Morgan fingerprint density at radius 2 is 2.05 bits per heavy atom. The molecule has 0 bridgehead atoms. The number of nitrogens with zero attached hydrogens (tertiary/aromatic N) is 1. The van der Waals surface area contributed by atoms with Crippen LogP contribution in [-0.4, -0.2) is 11.0 Å². The van der Waals surface area contributed by atoms with E-state index in [1.165, 1.54) is 10.6 Å². The second kappa shape index (κ2) is 7.21. The number of aryl methyl sites for hydroxylation is 1. The highest BCUT2D eigenvalue weighted by molar-refractivity contribution is 7.15. The fourth-order valence-corrected chi connectivity index (χ4v) is 3.38. The summed E-state index contributed by atoms with van der Waals surface area (Å²) >= 11 is 8.01. The SMILES string of the molecule is CCc1nc(-c2ccccc2Cl)sc1CNC(C)CC. The molecular weight excluding hydrogens is 288 g/mol. The Hall–Kier alpha value is -0.900. The van der Waals surface area contributed by atoms with E-state index in [1.54, 1.807) is 11.3 Å². The molecule has 2 rings (SSSR count). The van der Waals surface area contributed by atoms with Gasteiger partial charge in [-0.1, -0.05) is 43.6 Å². The number of rotatable bonds is 6. The topological polar surface area (TPSA) is 24.9 Å². The van der Waals surface area contributed by atoms with Crippen molar-refractivity contribution in [2.45, 2.75) is 46.2 Å². The van der Waals surface area contributed by atoms with Crippen molar-refractivity contribution in [2.75, 3.05) is 0 Å². The van der Waals surface area contributed by atoms with Gasteiger partial charge in [0.15, 0.2) is 0 Å². The Morgan fingerprint density at radius 3 is 2.70 bits per heavy atom. The molecule has 0 saturated heterocycles. The lowest BCUT2D eigenvalue weighted by Crippen LogP contribution is -2.24. The third-order valence-corrected chi connectivity index (χ3v) is 4.90. The Labute approximate surface area is 130 Å². The minimum atomic E-state index is 0.533. The quantitative estimate of drug-likeness (QED) is 0.819. The molecule has 0 spiro atoms. The van der Waals surface area contributed by atoms with Crippen LogP contribution in [0.25, 0.3) is 10.6 Å². The first-order valence-corrected chi connectivity index (χ1v) is 8.32. The van der Waals surface area contributed by atoms with E-state index in [-0.39, 0.29) is 0 Å². The molecule has 1 heterocycles. The number of benzene rings is 1. The molecule has 1 aromatic carbocycles. The van der Waals surface area contributed by atoms with Gasteiger partial charge in [-0.25, -0.2) is 4.98 Å². The van der Waals surface area contributed by atoms with Gasteiger partial charge in [-0.05, 0) is 25.8 Å². The molecule has 1 atom stereocenters. The number of thiazole rings is 1. The van der Waals surface area contributed by atoms with Crippen LogP contribution in [-0.2, 0) is 13.0 Å². The molecule has 0 aliphatic rings. The van der Waals surface area contributed by atoms with Gasteiger partial charge in [-0.2, -0.15) is 0 Å². The Bertz CT molecular complexity index is 565. The highest BCUT2D eigenvalue weighted by Crippen LogP contribution is 2.33. The molecule has 0 aliphatic heterocycles. The van der Waals surface area contributed by atoms with Crippen LogP contribution in [0.1, 0.15) is 37.8 Å². The number of halogens is 1. The highest BCUT2D eigenvalue weighted by Gasteiger charge is 2.13. The molecular formula is C16H21ClN2S. The van der Waals surface area contributed by atoms with E-state index in [0.717, 1.165) is 35.0 Å². The van der Waals surface area contributed by atoms with E-state index in [0.29, 0.717) is 6.04 Å². The molecule has 1 unspecified atom stereocenters. The van der Waals surface area contributed by atoms with Gasteiger partial charge in [-0.15, -0.1) is 11.3 Å². The Kier molecular flexibility index (Phi) is 5.58. The van der Waals surface area contributed by atoms with Crippen molar-refractivity contribution >= 4 is 22.9 Å². The maximum atomic E-state index is 6.26. The van der Waals surface area contributed by atoms with Crippen LogP contribution in [0.15, 0.2) is 24.3 Å². The summed E-state index contributed by atoms with van der Waals surface area (Å²) < 4.78 is 0. The summed E-state index contributed by atoms with van der Waals surface area (Å²) in [5.74, 6) is 0. The third kappa shape index (κ3) is 3.60. The van der Waals surface area contributed by atoms with Crippen LogP contribution in [0.3, 0.4) is 0 Å². The van der Waals surface area contributed by atoms with E-state index < -0.39 is 0 Å². The minimum Gasteiger partial charge on any atom is -0.309 e. The molecule has 0 amide bonds. The molecule has 0 radical (unpaired) electrons. The third-order valence-electron chi connectivity index (χ3n) is 3.44. The summed E-state index contributed by atoms with van der Waals surface area (Å²) in [6.07, 6.45) is 2.09. The zero-order valence-corrected chi connectivity index (χ0v) is 13.8. The van der Waals surface area contributed by atoms with E-state index in [2.05, 4.69) is 26.1 Å². The van der Waals surface area contributed by atoms with Crippen molar-refractivity contribution in [3.63, 3.8) is 0 Å². The van der Waals surface area contributed by atoms with Gasteiger partial charge in [-0.3, -0.25) is 0 Å². The molecule has 2 nitrogen and oxygen atoms in total. The predicted octanol–water partition coefficient (Wildman–Crippen LogP) is 4.91. The van der Waals surface area contributed by atoms with Crippen molar-refractivity contribution in [1.29, 1.82) is 0 Å². The maximum Gasteiger partial charge on any atom is 0.125 e. The Balaban J connectivity index is 2.25. The van der Waals surface area contributed by atoms with Gasteiger partial charge in [0.1, 0.15) is 5.01 Å². The summed E-state index contributed by atoms with van der Waals surface area (Å²) in [5.41, 5.74) is 2.21. The van der Waals surface area contributed by atoms with Gasteiger partial charge in [0.05, 0.1) is 10.7 Å². The molecule has 0 aliphatic carbocycles. The van der Waals surface area contributed by atoms with Crippen LogP contribution in [0.2, 0.25) is 5.02 Å². The zero-order valence-electron chi connectivity index (χ0n) is 12.2. The first-order chi connectivity index (χ1) is 9.65. The summed E-state index contributed by atoms with van der Waals surface area (Å²) in [5, 5.41) is 5.33. The first-order valence-electron chi connectivity index (χ1n) is 7.12. The van der Waals surface area contributed by atoms with Gasteiger partial charge < -0.3 is 5.32 Å². The standard InChI is InChI=1S/C16H21ClN2S/c1-4-11(3)18-10-15-14(5-2)19-16(20-15)12-8-6-7-9-13(12)17/h6-9,11,18H,4-5,10H2,1-3H3. The lowest BCUT2D eigenvalue weighted by atomic mass is 10.2. The average molecular weight is 309 g/mol. The van der Waals surface area contributed by atoms with Crippen LogP contribution < -0.4 is 5.32 Å². The van der Waals surface area contributed by atoms with Crippen molar-refractivity contribution in [3.8, 4) is 10.6 Å². The number of hydrogen-bond donors (Lipinski definition) is 1.